The van der Waals surface area contributed by atoms with E-state index >= 15 is 0 Å². The Balaban J connectivity index is 2.40. The van der Waals surface area contributed by atoms with Gasteiger partial charge < -0.3 is 0 Å². The number of rotatable bonds is 3. The maximum atomic E-state index is 13.6. The summed E-state index contributed by atoms with van der Waals surface area (Å²) in [6.07, 6.45) is 2.43. The number of hydrogen-bond acceptors (Lipinski definition) is 2. The maximum absolute atomic E-state index is 13.6. The summed E-state index contributed by atoms with van der Waals surface area (Å²) in [4.78, 5) is 0. The van der Waals surface area contributed by atoms with E-state index in [-0.39, 0.29) is 11.2 Å². The molecule has 1 unspecified atom stereocenters. The van der Waals surface area contributed by atoms with E-state index in [1.165, 1.54) is 10.7 Å². The number of nitrogens with zero attached hydrogens (tertiary/aromatic N) is 3. The summed E-state index contributed by atoms with van der Waals surface area (Å²) in [6, 6.07) is 4.86. The second kappa shape index (κ2) is 4.84. The van der Waals surface area contributed by atoms with Gasteiger partial charge in [-0.3, -0.25) is 0 Å². The van der Waals surface area contributed by atoms with Crippen LogP contribution in [-0.4, -0.2) is 15.0 Å². The highest BCUT2D eigenvalue weighted by molar-refractivity contribution is 6.20. The zero-order valence-electron chi connectivity index (χ0n) is 9.69. The van der Waals surface area contributed by atoms with Gasteiger partial charge in [0.2, 0.25) is 0 Å². The van der Waals surface area contributed by atoms with Crippen molar-refractivity contribution in [3.05, 3.63) is 41.5 Å². The predicted octanol–water partition coefficient (Wildman–Crippen LogP) is 3.40. The number of alkyl halides is 1. The van der Waals surface area contributed by atoms with Crippen LogP contribution in [0.4, 0.5) is 4.39 Å². The summed E-state index contributed by atoms with van der Waals surface area (Å²) >= 11 is 6.05. The Labute approximate surface area is 104 Å². The monoisotopic (exact) mass is 253 g/mol. The molecule has 0 aliphatic carbocycles. The minimum atomic E-state index is -0.324. The number of halogens is 2. The first-order valence-electron chi connectivity index (χ1n) is 5.44. The highest BCUT2D eigenvalue weighted by Crippen LogP contribution is 2.22. The molecule has 17 heavy (non-hydrogen) atoms. The molecule has 2 rings (SSSR count). The van der Waals surface area contributed by atoms with Gasteiger partial charge in [0.25, 0.3) is 0 Å². The molecule has 90 valence electrons. The molecule has 0 N–H and O–H groups in total. The quantitative estimate of drug-likeness (QED) is 0.785. The van der Waals surface area contributed by atoms with E-state index in [4.69, 9.17) is 11.6 Å². The summed E-state index contributed by atoms with van der Waals surface area (Å²) < 4.78 is 15.0. The van der Waals surface area contributed by atoms with Crippen molar-refractivity contribution in [3.63, 3.8) is 0 Å². The topological polar surface area (TPSA) is 30.7 Å². The average Bonchev–Trinajstić information content (AvgIpc) is 2.80. The van der Waals surface area contributed by atoms with Crippen LogP contribution in [0, 0.1) is 12.7 Å². The Hall–Kier alpha value is -1.42. The molecule has 1 heterocycles. The molecule has 5 heteroatoms. The molecule has 2 aromatic rings. The lowest BCUT2D eigenvalue weighted by Gasteiger charge is -2.03. The largest absolute Gasteiger partial charge is 0.217 e. The van der Waals surface area contributed by atoms with Gasteiger partial charge in [-0.15, -0.1) is 16.7 Å². The molecule has 1 atom stereocenters. The van der Waals surface area contributed by atoms with E-state index in [1.54, 1.807) is 18.3 Å². The first-order chi connectivity index (χ1) is 8.11. The third kappa shape index (κ3) is 2.47. The molecular weight excluding hydrogens is 241 g/mol. The van der Waals surface area contributed by atoms with E-state index in [9.17, 15) is 4.39 Å². The van der Waals surface area contributed by atoms with Gasteiger partial charge in [0.1, 0.15) is 17.2 Å². The molecule has 0 bridgehead atoms. The molecule has 0 aliphatic heterocycles. The highest BCUT2D eigenvalue weighted by Gasteiger charge is 2.12. The SMILES string of the molecule is CCC(Cl)c1cn(-c2cc(C)ccc2F)nn1. The summed E-state index contributed by atoms with van der Waals surface area (Å²) in [5.74, 6) is -0.324. The summed E-state index contributed by atoms with van der Waals surface area (Å²) in [6.45, 7) is 3.86. The van der Waals surface area contributed by atoms with Crippen LogP contribution in [0.15, 0.2) is 24.4 Å². The lowest BCUT2D eigenvalue weighted by molar-refractivity contribution is 0.606. The fraction of sp³-hybridized carbons (Fsp3) is 0.333. The molecule has 0 spiro atoms. The van der Waals surface area contributed by atoms with Gasteiger partial charge in [-0.05, 0) is 31.0 Å². The number of aromatic nitrogens is 3. The van der Waals surface area contributed by atoms with Crippen molar-refractivity contribution in [1.82, 2.24) is 15.0 Å². The third-order valence-corrected chi connectivity index (χ3v) is 3.07. The van der Waals surface area contributed by atoms with Gasteiger partial charge in [0, 0.05) is 0 Å². The fourth-order valence-electron chi connectivity index (χ4n) is 1.55. The van der Waals surface area contributed by atoms with Crippen molar-refractivity contribution < 1.29 is 4.39 Å². The van der Waals surface area contributed by atoms with Crippen LogP contribution < -0.4 is 0 Å². The molecule has 3 nitrogen and oxygen atoms in total. The molecule has 0 radical (unpaired) electrons. The van der Waals surface area contributed by atoms with Gasteiger partial charge in [-0.25, -0.2) is 9.07 Å². The number of aryl methyl sites for hydroxylation is 1. The fourth-order valence-corrected chi connectivity index (χ4v) is 1.65. The van der Waals surface area contributed by atoms with Gasteiger partial charge in [-0.1, -0.05) is 18.2 Å². The lowest BCUT2D eigenvalue weighted by Crippen LogP contribution is -1.99. The molecule has 1 aromatic heterocycles. The summed E-state index contributed by atoms with van der Waals surface area (Å²) in [5.41, 5.74) is 2.02. The lowest BCUT2D eigenvalue weighted by atomic mass is 10.2. The van der Waals surface area contributed by atoms with Gasteiger partial charge >= 0.3 is 0 Å². The van der Waals surface area contributed by atoms with Crippen LogP contribution in [0.2, 0.25) is 0 Å². The van der Waals surface area contributed by atoms with Crippen molar-refractivity contribution in [1.29, 1.82) is 0 Å². The van der Waals surface area contributed by atoms with Crippen molar-refractivity contribution in [2.75, 3.05) is 0 Å². The van der Waals surface area contributed by atoms with Crippen LogP contribution in [0.5, 0.6) is 0 Å². The van der Waals surface area contributed by atoms with Crippen molar-refractivity contribution in [2.24, 2.45) is 0 Å². The molecule has 0 aliphatic rings. The first-order valence-corrected chi connectivity index (χ1v) is 5.88. The molecule has 0 fully saturated rings. The first kappa shape index (κ1) is 12.0. The number of hydrogen-bond donors (Lipinski definition) is 0. The van der Waals surface area contributed by atoms with E-state index in [1.807, 2.05) is 13.8 Å². The number of benzene rings is 1. The highest BCUT2D eigenvalue weighted by atomic mass is 35.5. The summed E-state index contributed by atoms with van der Waals surface area (Å²) in [5, 5.41) is 7.66. The van der Waals surface area contributed by atoms with E-state index in [0.717, 1.165) is 12.0 Å². The smallest absolute Gasteiger partial charge is 0.148 e. The zero-order chi connectivity index (χ0) is 12.4. The molecule has 0 saturated carbocycles. The molecule has 1 aromatic carbocycles. The minimum Gasteiger partial charge on any atom is -0.217 e. The second-order valence-electron chi connectivity index (χ2n) is 3.92. The van der Waals surface area contributed by atoms with Crippen LogP contribution in [0.1, 0.15) is 30.0 Å². The Kier molecular flexibility index (Phi) is 3.43. The maximum Gasteiger partial charge on any atom is 0.148 e. The van der Waals surface area contributed by atoms with Crippen LogP contribution >= 0.6 is 11.6 Å². The summed E-state index contributed by atoms with van der Waals surface area (Å²) in [7, 11) is 0. The average molecular weight is 254 g/mol. The Morgan fingerprint density at radius 2 is 2.24 bits per heavy atom. The zero-order valence-corrected chi connectivity index (χ0v) is 10.4. The van der Waals surface area contributed by atoms with Gasteiger partial charge in [-0.2, -0.15) is 0 Å². The van der Waals surface area contributed by atoms with Crippen LogP contribution in [-0.2, 0) is 0 Å². The standard InChI is InChI=1S/C12H13ClFN3/c1-3-9(13)11-7-17(16-15-11)12-6-8(2)4-5-10(12)14/h4-7,9H,3H2,1-2H3. The van der Waals surface area contributed by atoms with E-state index in [2.05, 4.69) is 10.3 Å². The van der Waals surface area contributed by atoms with Gasteiger partial charge in [0.15, 0.2) is 0 Å². The second-order valence-corrected chi connectivity index (χ2v) is 4.45. The molecule has 0 amide bonds. The molecule has 0 saturated heterocycles. The van der Waals surface area contributed by atoms with Crippen molar-refractivity contribution >= 4 is 11.6 Å². The van der Waals surface area contributed by atoms with Gasteiger partial charge in [0.05, 0.1) is 11.6 Å². The molecular formula is C12H13ClFN3. The van der Waals surface area contributed by atoms with Crippen LogP contribution in [0.3, 0.4) is 0 Å². The van der Waals surface area contributed by atoms with Crippen molar-refractivity contribution in [2.45, 2.75) is 25.6 Å². The van der Waals surface area contributed by atoms with E-state index < -0.39 is 0 Å². The van der Waals surface area contributed by atoms with E-state index in [0.29, 0.717) is 11.4 Å². The Morgan fingerprint density at radius 3 is 2.94 bits per heavy atom. The minimum absolute atomic E-state index is 0.184. The van der Waals surface area contributed by atoms with Crippen molar-refractivity contribution in [3.8, 4) is 5.69 Å². The normalized spacial score (nSPS) is 12.7. The Bertz CT molecular complexity index is 524. The predicted molar refractivity (Wildman–Crippen MR) is 64.9 cm³/mol. The van der Waals surface area contributed by atoms with Crippen LogP contribution in [0.25, 0.3) is 5.69 Å². The third-order valence-electron chi connectivity index (χ3n) is 2.54. The Morgan fingerprint density at radius 1 is 1.47 bits per heavy atom.